The van der Waals surface area contributed by atoms with Crippen molar-refractivity contribution in [2.45, 2.75) is 39.2 Å². The molecule has 1 fully saturated rings. The molecule has 0 aromatic rings. The van der Waals surface area contributed by atoms with E-state index in [0.717, 1.165) is 32.4 Å². The number of likely N-dealkylation sites (N-methyl/N-ethyl adjacent to an activating group) is 1. The molecule has 0 bridgehead atoms. The Morgan fingerprint density at radius 3 is 2.62 bits per heavy atom. The molecular formula is C10H23N3O2S. The summed E-state index contributed by atoms with van der Waals surface area (Å²) in [6, 6.07) is 0.109. The maximum absolute atomic E-state index is 11.9. The third kappa shape index (κ3) is 3.69. The van der Waals surface area contributed by atoms with Gasteiger partial charge in [-0.1, -0.05) is 20.3 Å². The summed E-state index contributed by atoms with van der Waals surface area (Å²) in [7, 11) is -3.27. The zero-order chi connectivity index (χ0) is 12.0. The highest BCUT2D eigenvalue weighted by Crippen LogP contribution is 2.19. The third-order valence-electron chi connectivity index (χ3n) is 2.84. The Labute approximate surface area is 98.8 Å². The van der Waals surface area contributed by atoms with Crippen molar-refractivity contribution in [3.8, 4) is 0 Å². The number of nitrogens with one attached hydrogen (secondary N) is 2. The van der Waals surface area contributed by atoms with Crippen LogP contribution in [0.25, 0.3) is 0 Å². The van der Waals surface area contributed by atoms with Gasteiger partial charge in [0.25, 0.3) is 10.2 Å². The minimum absolute atomic E-state index is 0.109. The van der Waals surface area contributed by atoms with E-state index in [2.05, 4.69) is 10.0 Å². The number of hydrogen-bond donors (Lipinski definition) is 2. The Hall–Kier alpha value is -0.170. The molecule has 0 aromatic heterocycles. The Morgan fingerprint density at radius 2 is 2.00 bits per heavy atom. The molecule has 1 atom stereocenters. The van der Waals surface area contributed by atoms with Crippen LogP contribution in [0.2, 0.25) is 0 Å². The monoisotopic (exact) mass is 249 g/mol. The van der Waals surface area contributed by atoms with Crippen molar-refractivity contribution < 1.29 is 8.42 Å². The minimum atomic E-state index is -3.27. The van der Waals surface area contributed by atoms with Crippen molar-refractivity contribution in [2.75, 3.05) is 26.2 Å². The molecule has 0 spiro atoms. The van der Waals surface area contributed by atoms with E-state index in [1.54, 1.807) is 11.2 Å². The topological polar surface area (TPSA) is 61.4 Å². The summed E-state index contributed by atoms with van der Waals surface area (Å²) in [4.78, 5) is 0. The Kier molecular flexibility index (Phi) is 5.68. The molecule has 1 heterocycles. The second-order valence-corrected chi connectivity index (χ2v) is 5.78. The van der Waals surface area contributed by atoms with E-state index < -0.39 is 10.2 Å². The van der Waals surface area contributed by atoms with E-state index >= 15 is 0 Å². The van der Waals surface area contributed by atoms with Crippen LogP contribution in [-0.2, 0) is 10.2 Å². The molecule has 1 aliphatic rings. The van der Waals surface area contributed by atoms with Crippen molar-refractivity contribution in [1.82, 2.24) is 14.3 Å². The van der Waals surface area contributed by atoms with Crippen LogP contribution in [0, 0.1) is 0 Å². The summed E-state index contributed by atoms with van der Waals surface area (Å²) in [5, 5.41) is 3.23. The van der Waals surface area contributed by atoms with Crippen molar-refractivity contribution in [2.24, 2.45) is 0 Å². The van der Waals surface area contributed by atoms with E-state index in [9.17, 15) is 8.42 Å². The average Bonchev–Trinajstić information content (AvgIpc) is 2.26. The number of rotatable bonds is 6. The van der Waals surface area contributed by atoms with Gasteiger partial charge in [0.05, 0.1) is 0 Å². The number of hydrogen-bond acceptors (Lipinski definition) is 3. The van der Waals surface area contributed by atoms with Crippen LogP contribution in [0.3, 0.4) is 0 Å². The molecule has 1 aliphatic heterocycles. The predicted octanol–water partition coefficient (Wildman–Crippen LogP) is 0.305. The lowest BCUT2D eigenvalue weighted by atomic mass is 10.1. The van der Waals surface area contributed by atoms with Gasteiger partial charge in [-0.2, -0.15) is 12.7 Å². The Balaban J connectivity index is 2.65. The van der Waals surface area contributed by atoms with Gasteiger partial charge in [0.15, 0.2) is 0 Å². The molecule has 0 amide bonds. The summed E-state index contributed by atoms with van der Waals surface area (Å²) in [5.41, 5.74) is 0. The summed E-state index contributed by atoms with van der Waals surface area (Å²) < 4.78 is 28.1. The van der Waals surface area contributed by atoms with Gasteiger partial charge >= 0.3 is 0 Å². The molecule has 6 heteroatoms. The molecule has 96 valence electrons. The quantitative estimate of drug-likeness (QED) is 0.712. The van der Waals surface area contributed by atoms with Crippen molar-refractivity contribution in [3.63, 3.8) is 0 Å². The smallest absolute Gasteiger partial charge is 0.279 e. The van der Waals surface area contributed by atoms with Crippen LogP contribution < -0.4 is 10.0 Å². The minimum Gasteiger partial charge on any atom is -0.315 e. The average molecular weight is 249 g/mol. The van der Waals surface area contributed by atoms with Gasteiger partial charge in [0, 0.05) is 25.7 Å². The molecule has 1 unspecified atom stereocenters. The van der Waals surface area contributed by atoms with Crippen molar-refractivity contribution in [1.29, 1.82) is 0 Å². The van der Waals surface area contributed by atoms with Crippen molar-refractivity contribution in [3.05, 3.63) is 0 Å². The first kappa shape index (κ1) is 13.9. The highest BCUT2D eigenvalue weighted by Gasteiger charge is 2.31. The predicted molar refractivity (Wildman–Crippen MR) is 65.5 cm³/mol. The molecule has 1 rings (SSSR count). The van der Waals surface area contributed by atoms with Crippen LogP contribution in [0.15, 0.2) is 0 Å². The van der Waals surface area contributed by atoms with Gasteiger partial charge in [0.2, 0.25) is 0 Å². The molecule has 16 heavy (non-hydrogen) atoms. The van der Waals surface area contributed by atoms with E-state index in [1.807, 2.05) is 6.92 Å². The summed E-state index contributed by atoms with van der Waals surface area (Å²) in [6.45, 7) is 6.57. The number of nitrogens with zero attached hydrogens (tertiary/aromatic N) is 1. The third-order valence-corrected chi connectivity index (χ3v) is 4.59. The molecular weight excluding hydrogens is 226 g/mol. The lowest BCUT2D eigenvalue weighted by Gasteiger charge is -2.34. The largest absolute Gasteiger partial charge is 0.315 e. The second-order valence-electron chi connectivity index (χ2n) is 4.07. The maximum Gasteiger partial charge on any atom is 0.279 e. The van der Waals surface area contributed by atoms with Crippen LogP contribution in [-0.4, -0.2) is 44.9 Å². The van der Waals surface area contributed by atoms with Gasteiger partial charge < -0.3 is 5.32 Å². The molecule has 0 radical (unpaired) electrons. The highest BCUT2D eigenvalue weighted by atomic mass is 32.2. The lowest BCUT2D eigenvalue weighted by Crippen LogP contribution is -2.52. The molecule has 1 saturated heterocycles. The standard InChI is InChI=1S/C10H23N3O2S/c1-3-11-9-10-7-5-6-8-13(10)16(14,15)12-4-2/h10-12H,3-9H2,1-2H3. The van der Waals surface area contributed by atoms with Gasteiger partial charge in [-0.15, -0.1) is 0 Å². The Morgan fingerprint density at radius 1 is 1.25 bits per heavy atom. The van der Waals surface area contributed by atoms with E-state index in [0.29, 0.717) is 13.1 Å². The molecule has 0 saturated carbocycles. The first-order valence-electron chi connectivity index (χ1n) is 6.09. The van der Waals surface area contributed by atoms with Crippen LogP contribution in [0.5, 0.6) is 0 Å². The summed E-state index contributed by atoms with van der Waals surface area (Å²) in [5.74, 6) is 0. The molecule has 2 N–H and O–H groups in total. The van der Waals surface area contributed by atoms with E-state index in [1.165, 1.54) is 0 Å². The normalized spacial score (nSPS) is 23.5. The van der Waals surface area contributed by atoms with Crippen LogP contribution in [0.1, 0.15) is 33.1 Å². The van der Waals surface area contributed by atoms with Gasteiger partial charge in [-0.3, -0.25) is 0 Å². The highest BCUT2D eigenvalue weighted by molar-refractivity contribution is 7.87. The van der Waals surface area contributed by atoms with Crippen LogP contribution >= 0.6 is 0 Å². The summed E-state index contributed by atoms with van der Waals surface area (Å²) in [6.07, 6.45) is 3.04. The Bertz CT molecular complexity index is 292. The first-order valence-corrected chi connectivity index (χ1v) is 7.53. The van der Waals surface area contributed by atoms with Gasteiger partial charge in [-0.25, -0.2) is 4.72 Å². The molecule has 0 aliphatic carbocycles. The number of piperidine rings is 1. The second kappa shape index (κ2) is 6.54. The zero-order valence-electron chi connectivity index (χ0n) is 10.2. The van der Waals surface area contributed by atoms with Gasteiger partial charge in [-0.05, 0) is 19.4 Å². The SMILES string of the molecule is CCNCC1CCCCN1S(=O)(=O)NCC. The first-order chi connectivity index (χ1) is 7.61. The fraction of sp³-hybridized carbons (Fsp3) is 1.00. The fourth-order valence-corrected chi connectivity index (χ4v) is 3.54. The van der Waals surface area contributed by atoms with Crippen LogP contribution in [0.4, 0.5) is 0 Å². The molecule has 0 aromatic carbocycles. The maximum atomic E-state index is 11.9. The fourth-order valence-electron chi connectivity index (χ4n) is 2.07. The van der Waals surface area contributed by atoms with E-state index in [4.69, 9.17) is 0 Å². The summed E-state index contributed by atoms with van der Waals surface area (Å²) >= 11 is 0. The lowest BCUT2D eigenvalue weighted by molar-refractivity contribution is 0.244. The van der Waals surface area contributed by atoms with Gasteiger partial charge in [0.1, 0.15) is 0 Å². The zero-order valence-corrected chi connectivity index (χ0v) is 11.0. The molecule has 5 nitrogen and oxygen atoms in total. The van der Waals surface area contributed by atoms with E-state index in [-0.39, 0.29) is 6.04 Å². The van der Waals surface area contributed by atoms with Crippen molar-refractivity contribution >= 4 is 10.2 Å².